The van der Waals surface area contributed by atoms with Crippen molar-refractivity contribution in [1.82, 2.24) is 9.78 Å². The molecule has 3 rings (SSSR count). The van der Waals surface area contributed by atoms with Crippen molar-refractivity contribution in [3.63, 3.8) is 0 Å². The third-order valence-corrected chi connectivity index (χ3v) is 4.40. The number of halogens is 4. The molecule has 0 aliphatic carbocycles. The van der Waals surface area contributed by atoms with E-state index in [0.717, 1.165) is 12.1 Å². The number of aromatic nitrogens is 2. The standard InChI is InChI=1S/C16H13ClF3N3O3.H2S/c1-8-7-22(9-3-4-11(12(17)5-9)16(18,19)20)14(24)13-10(15(25)26-2)6-21-23(8)13;/h3-6,8H,7H2,1-2H3;1H2/t8-;/m0./s1. The number of nitrogens with zero attached hydrogens (tertiary/aromatic N) is 3. The van der Waals surface area contributed by atoms with Crippen molar-refractivity contribution in [3.8, 4) is 0 Å². The minimum Gasteiger partial charge on any atom is -0.465 e. The summed E-state index contributed by atoms with van der Waals surface area (Å²) in [5.74, 6) is -1.30. The zero-order chi connectivity index (χ0) is 19.2. The van der Waals surface area contributed by atoms with E-state index in [2.05, 4.69) is 9.84 Å². The molecule has 6 nitrogen and oxygen atoms in total. The summed E-state index contributed by atoms with van der Waals surface area (Å²) in [6, 6.07) is 2.77. The number of fused-ring (bicyclic) bond motifs is 1. The Kier molecular flexibility index (Phi) is 5.81. The molecule has 1 aliphatic heterocycles. The Hall–Kier alpha value is -2.20. The summed E-state index contributed by atoms with van der Waals surface area (Å²) in [7, 11) is 1.18. The zero-order valence-electron chi connectivity index (χ0n) is 14.2. The molecule has 0 fully saturated rings. The van der Waals surface area contributed by atoms with Gasteiger partial charge in [-0.2, -0.15) is 31.8 Å². The normalized spacial score (nSPS) is 16.6. The number of alkyl halides is 3. The highest BCUT2D eigenvalue weighted by Gasteiger charge is 2.37. The van der Waals surface area contributed by atoms with Gasteiger partial charge < -0.3 is 9.64 Å². The largest absolute Gasteiger partial charge is 0.465 e. The summed E-state index contributed by atoms with van der Waals surface area (Å²) >= 11 is 5.75. The van der Waals surface area contributed by atoms with Crippen LogP contribution in [0.1, 0.15) is 39.4 Å². The van der Waals surface area contributed by atoms with Gasteiger partial charge in [-0.15, -0.1) is 0 Å². The number of amides is 1. The number of carbonyl (C=O) groups excluding carboxylic acids is 2. The van der Waals surface area contributed by atoms with Crippen LogP contribution in [0.25, 0.3) is 0 Å². The lowest BCUT2D eigenvalue weighted by Gasteiger charge is -2.32. The van der Waals surface area contributed by atoms with Crippen LogP contribution < -0.4 is 4.90 Å². The maximum atomic E-state index is 12.9. The molecule has 0 saturated carbocycles. The van der Waals surface area contributed by atoms with E-state index in [0.29, 0.717) is 0 Å². The first kappa shape index (κ1) is 21.1. The fraction of sp³-hybridized carbons (Fsp3) is 0.312. The number of rotatable bonds is 2. The minimum absolute atomic E-state index is 0. The van der Waals surface area contributed by atoms with Crippen LogP contribution in [0.2, 0.25) is 5.02 Å². The van der Waals surface area contributed by atoms with Crippen LogP contribution >= 0.6 is 25.1 Å². The molecule has 1 aromatic carbocycles. The number of esters is 1. The molecule has 0 spiro atoms. The predicted octanol–water partition coefficient (Wildman–Crippen LogP) is 3.68. The second kappa shape index (κ2) is 7.43. The van der Waals surface area contributed by atoms with Crippen molar-refractivity contribution in [2.24, 2.45) is 0 Å². The van der Waals surface area contributed by atoms with Gasteiger partial charge in [-0.05, 0) is 25.1 Å². The monoisotopic (exact) mass is 421 g/mol. The molecule has 2 aromatic rings. The van der Waals surface area contributed by atoms with Gasteiger partial charge in [0.05, 0.1) is 29.9 Å². The van der Waals surface area contributed by atoms with E-state index >= 15 is 0 Å². The average Bonchev–Trinajstić information content (AvgIpc) is 3.02. The van der Waals surface area contributed by atoms with Crippen LogP contribution in [0.5, 0.6) is 0 Å². The number of benzene rings is 1. The Morgan fingerprint density at radius 2 is 2.04 bits per heavy atom. The van der Waals surface area contributed by atoms with Crippen LogP contribution in [-0.2, 0) is 10.9 Å². The molecular formula is C16H15ClF3N3O3S. The first-order valence-electron chi connectivity index (χ1n) is 7.49. The van der Waals surface area contributed by atoms with Crippen molar-refractivity contribution in [1.29, 1.82) is 0 Å². The van der Waals surface area contributed by atoms with Crippen molar-refractivity contribution in [3.05, 3.63) is 46.2 Å². The maximum Gasteiger partial charge on any atom is 0.417 e. The number of hydrogen-bond donors (Lipinski definition) is 0. The van der Waals surface area contributed by atoms with E-state index in [1.165, 1.54) is 29.0 Å². The van der Waals surface area contributed by atoms with Gasteiger partial charge in [-0.3, -0.25) is 9.48 Å². The maximum absolute atomic E-state index is 12.9. The van der Waals surface area contributed by atoms with Gasteiger partial charge in [-0.1, -0.05) is 11.6 Å². The van der Waals surface area contributed by atoms with Crippen molar-refractivity contribution >= 4 is 42.7 Å². The van der Waals surface area contributed by atoms with Crippen molar-refractivity contribution in [2.75, 3.05) is 18.6 Å². The fourth-order valence-electron chi connectivity index (χ4n) is 2.85. The topological polar surface area (TPSA) is 64.4 Å². The molecule has 146 valence electrons. The van der Waals surface area contributed by atoms with E-state index in [1.807, 2.05) is 0 Å². The van der Waals surface area contributed by atoms with Gasteiger partial charge in [0.2, 0.25) is 0 Å². The van der Waals surface area contributed by atoms with Gasteiger partial charge in [0.15, 0.2) is 0 Å². The van der Waals surface area contributed by atoms with Crippen molar-refractivity contribution in [2.45, 2.75) is 19.1 Å². The Morgan fingerprint density at radius 1 is 1.37 bits per heavy atom. The van der Waals surface area contributed by atoms with Crippen LogP contribution in [0.4, 0.5) is 18.9 Å². The second-order valence-electron chi connectivity index (χ2n) is 5.77. The van der Waals surface area contributed by atoms with Crippen LogP contribution in [0, 0.1) is 0 Å². The highest BCUT2D eigenvalue weighted by atomic mass is 35.5. The van der Waals surface area contributed by atoms with Gasteiger partial charge >= 0.3 is 12.1 Å². The average molecular weight is 422 g/mol. The van der Waals surface area contributed by atoms with Crippen LogP contribution in [0.15, 0.2) is 24.4 Å². The summed E-state index contributed by atoms with van der Waals surface area (Å²) in [5, 5.41) is 3.53. The van der Waals surface area contributed by atoms with Gasteiger partial charge in [0, 0.05) is 12.2 Å². The minimum atomic E-state index is -4.59. The molecule has 11 heteroatoms. The molecule has 1 aliphatic rings. The van der Waals surface area contributed by atoms with E-state index in [1.54, 1.807) is 6.92 Å². The number of methoxy groups -OCH3 is 1. The third-order valence-electron chi connectivity index (χ3n) is 4.08. The second-order valence-corrected chi connectivity index (χ2v) is 6.18. The SMILES string of the molecule is COC(=O)c1cnn2c1C(=O)N(c1ccc(C(F)(F)F)c(Cl)c1)C[C@@H]2C.S. The molecule has 1 aromatic heterocycles. The summed E-state index contributed by atoms with van der Waals surface area (Å²) < 4.78 is 44.7. The highest BCUT2D eigenvalue weighted by molar-refractivity contribution is 7.59. The van der Waals surface area contributed by atoms with Crippen molar-refractivity contribution < 1.29 is 27.5 Å². The molecule has 0 unspecified atom stereocenters. The molecule has 1 atom stereocenters. The Labute approximate surface area is 164 Å². The highest BCUT2D eigenvalue weighted by Crippen LogP contribution is 2.37. The summed E-state index contributed by atoms with van der Waals surface area (Å²) in [4.78, 5) is 26.0. The molecule has 2 heterocycles. The molecule has 0 bridgehead atoms. The number of carbonyl (C=O) groups is 2. The lowest BCUT2D eigenvalue weighted by atomic mass is 10.1. The summed E-state index contributed by atoms with van der Waals surface area (Å²) in [5.41, 5.74) is -0.775. The molecule has 1 amide bonds. The van der Waals surface area contributed by atoms with Crippen LogP contribution in [0.3, 0.4) is 0 Å². The molecular weight excluding hydrogens is 407 g/mol. The van der Waals surface area contributed by atoms with Crippen LogP contribution in [-0.4, -0.2) is 35.3 Å². The quantitative estimate of drug-likeness (QED) is 0.694. The Balaban J connectivity index is 0.00000261. The number of ether oxygens (including phenoxy) is 1. The smallest absolute Gasteiger partial charge is 0.417 e. The third kappa shape index (κ3) is 3.63. The van der Waals surface area contributed by atoms with E-state index in [4.69, 9.17) is 11.6 Å². The van der Waals surface area contributed by atoms with Gasteiger partial charge in [0.1, 0.15) is 11.3 Å². The van der Waals surface area contributed by atoms with E-state index in [-0.39, 0.29) is 43.0 Å². The number of anilines is 1. The van der Waals surface area contributed by atoms with Gasteiger partial charge in [0.25, 0.3) is 5.91 Å². The predicted molar refractivity (Wildman–Crippen MR) is 96.8 cm³/mol. The lowest BCUT2D eigenvalue weighted by molar-refractivity contribution is -0.137. The summed E-state index contributed by atoms with van der Waals surface area (Å²) in [6.07, 6.45) is -3.36. The zero-order valence-corrected chi connectivity index (χ0v) is 15.9. The first-order valence-corrected chi connectivity index (χ1v) is 7.87. The lowest BCUT2D eigenvalue weighted by Crippen LogP contribution is -2.43. The van der Waals surface area contributed by atoms with E-state index in [9.17, 15) is 22.8 Å². The molecule has 0 radical (unpaired) electrons. The van der Waals surface area contributed by atoms with E-state index < -0.39 is 28.6 Å². The first-order chi connectivity index (χ1) is 12.1. The fourth-order valence-corrected chi connectivity index (χ4v) is 3.13. The molecule has 0 N–H and O–H groups in total. The molecule has 27 heavy (non-hydrogen) atoms. The van der Waals surface area contributed by atoms with Gasteiger partial charge in [-0.25, -0.2) is 4.79 Å². The Morgan fingerprint density at radius 3 is 2.59 bits per heavy atom. The molecule has 0 saturated heterocycles. The number of hydrogen-bond acceptors (Lipinski definition) is 4. The summed E-state index contributed by atoms with van der Waals surface area (Å²) in [6.45, 7) is 1.93. The Bertz CT molecular complexity index is 901.